The molecule has 0 amide bonds. The van der Waals surface area contributed by atoms with E-state index in [9.17, 15) is 0 Å². The van der Waals surface area contributed by atoms with E-state index in [1.165, 1.54) is 17.1 Å². The molecule has 3 nitrogen and oxygen atoms in total. The predicted octanol–water partition coefficient (Wildman–Crippen LogP) is 3.87. The van der Waals surface area contributed by atoms with Crippen LogP contribution in [0.25, 0.3) is 0 Å². The van der Waals surface area contributed by atoms with Crippen LogP contribution in [0.2, 0.25) is 0 Å². The molecule has 0 fully saturated rings. The number of aromatic nitrogens is 2. The van der Waals surface area contributed by atoms with Crippen LogP contribution >= 0.6 is 39.2 Å². The number of halogens is 1. The van der Waals surface area contributed by atoms with Crippen LogP contribution in [0.4, 0.5) is 0 Å². The Hall–Kier alpha value is -0.430. The lowest BCUT2D eigenvalue weighted by Gasteiger charge is -2.21. The van der Waals surface area contributed by atoms with Crippen LogP contribution in [-0.4, -0.2) is 15.4 Å². The van der Waals surface area contributed by atoms with Gasteiger partial charge in [-0.25, -0.2) is 4.98 Å². The second-order valence-electron chi connectivity index (χ2n) is 3.87. The van der Waals surface area contributed by atoms with Gasteiger partial charge in [-0.05, 0) is 35.6 Å². The van der Waals surface area contributed by atoms with Crippen LogP contribution in [0, 0.1) is 0 Å². The number of hydrogen-bond donors (Lipinski definition) is 1. The number of benzene rings is 1. The molecule has 2 atom stereocenters. The zero-order valence-electron chi connectivity index (χ0n) is 9.91. The number of thioether (sulfide) groups is 1. The SMILES string of the molecule is CCC(N)C(Sc1ncns1)c1ccc(Br)cc1. The van der Waals surface area contributed by atoms with Crippen molar-refractivity contribution >= 4 is 39.2 Å². The van der Waals surface area contributed by atoms with E-state index >= 15 is 0 Å². The molecule has 0 aliphatic carbocycles. The van der Waals surface area contributed by atoms with Gasteiger partial charge in [-0.3, -0.25) is 0 Å². The first-order chi connectivity index (χ1) is 8.70. The summed E-state index contributed by atoms with van der Waals surface area (Å²) in [7, 11) is 0. The molecule has 1 aromatic heterocycles. The highest BCUT2D eigenvalue weighted by atomic mass is 79.9. The molecule has 1 heterocycles. The van der Waals surface area contributed by atoms with Crippen LogP contribution in [0.1, 0.15) is 24.2 Å². The smallest absolute Gasteiger partial charge is 0.170 e. The Balaban J connectivity index is 2.22. The highest BCUT2D eigenvalue weighted by molar-refractivity contribution is 9.10. The maximum atomic E-state index is 6.23. The molecule has 0 saturated heterocycles. The molecular weight excluding hydrogens is 330 g/mol. The standard InChI is InChI=1S/C12H14BrN3S2/c1-2-10(14)11(17-12-15-7-16-18-12)8-3-5-9(13)6-4-8/h3-7,10-11H,2,14H2,1H3. The van der Waals surface area contributed by atoms with Crippen LogP contribution < -0.4 is 5.73 Å². The quantitative estimate of drug-likeness (QED) is 0.837. The van der Waals surface area contributed by atoms with Crippen molar-refractivity contribution in [1.29, 1.82) is 0 Å². The Morgan fingerprint density at radius 3 is 2.67 bits per heavy atom. The summed E-state index contributed by atoms with van der Waals surface area (Å²) in [6, 6.07) is 8.42. The molecular formula is C12H14BrN3S2. The molecule has 2 rings (SSSR count). The molecule has 0 radical (unpaired) electrons. The minimum Gasteiger partial charge on any atom is -0.326 e. The fourth-order valence-corrected chi connectivity index (χ4v) is 3.73. The van der Waals surface area contributed by atoms with Gasteiger partial charge in [-0.15, -0.1) is 0 Å². The third-order valence-electron chi connectivity index (χ3n) is 2.63. The lowest BCUT2D eigenvalue weighted by atomic mass is 10.0. The van der Waals surface area contributed by atoms with Crippen LogP contribution in [0.3, 0.4) is 0 Å². The monoisotopic (exact) mass is 343 g/mol. The molecule has 96 valence electrons. The van der Waals surface area contributed by atoms with Gasteiger partial charge in [0.15, 0.2) is 4.34 Å². The van der Waals surface area contributed by atoms with Crippen molar-refractivity contribution in [1.82, 2.24) is 9.36 Å². The molecule has 2 N–H and O–H groups in total. The highest BCUT2D eigenvalue weighted by Crippen LogP contribution is 2.38. The molecule has 2 unspecified atom stereocenters. The van der Waals surface area contributed by atoms with E-state index in [1.807, 2.05) is 12.1 Å². The van der Waals surface area contributed by atoms with Crippen molar-refractivity contribution in [2.24, 2.45) is 5.73 Å². The molecule has 6 heteroatoms. The van der Waals surface area contributed by atoms with Crippen molar-refractivity contribution in [3.05, 3.63) is 40.6 Å². The van der Waals surface area contributed by atoms with Crippen LogP contribution in [-0.2, 0) is 0 Å². The lowest BCUT2D eigenvalue weighted by molar-refractivity contribution is 0.634. The second kappa shape index (κ2) is 6.65. The molecule has 18 heavy (non-hydrogen) atoms. The average Bonchev–Trinajstić information content (AvgIpc) is 2.89. The number of nitrogens with two attached hydrogens (primary N) is 1. The summed E-state index contributed by atoms with van der Waals surface area (Å²) >= 11 is 6.56. The fraction of sp³-hybridized carbons (Fsp3) is 0.333. The van der Waals surface area contributed by atoms with Gasteiger partial charge in [-0.2, -0.15) is 4.37 Å². The van der Waals surface area contributed by atoms with Crippen molar-refractivity contribution in [3.63, 3.8) is 0 Å². The van der Waals surface area contributed by atoms with E-state index in [0.29, 0.717) is 0 Å². The van der Waals surface area contributed by atoms with Gasteiger partial charge in [0, 0.05) is 10.5 Å². The van der Waals surface area contributed by atoms with Gasteiger partial charge in [0.05, 0.1) is 5.25 Å². The minimum atomic E-state index is 0.111. The maximum absolute atomic E-state index is 6.23. The maximum Gasteiger partial charge on any atom is 0.170 e. The van der Waals surface area contributed by atoms with Gasteiger partial charge in [-0.1, -0.05) is 46.7 Å². The van der Waals surface area contributed by atoms with Crippen molar-refractivity contribution < 1.29 is 0 Å². The Morgan fingerprint density at radius 1 is 1.39 bits per heavy atom. The first-order valence-corrected chi connectivity index (χ1v) is 8.09. The van der Waals surface area contributed by atoms with Crippen molar-refractivity contribution in [3.8, 4) is 0 Å². The van der Waals surface area contributed by atoms with Gasteiger partial charge in [0.2, 0.25) is 0 Å². The second-order valence-corrected chi connectivity index (χ2v) is 6.95. The van der Waals surface area contributed by atoms with Gasteiger partial charge in [0.25, 0.3) is 0 Å². The molecule has 0 aliphatic heterocycles. The van der Waals surface area contributed by atoms with Crippen LogP contribution in [0.5, 0.6) is 0 Å². The first-order valence-electron chi connectivity index (χ1n) is 5.65. The topological polar surface area (TPSA) is 51.8 Å². The molecule has 0 aliphatic rings. The largest absolute Gasteiger partial charge is 0.326 e. The Kier molecular flexibility index (Phi) is 5.17. The average molecular weight is 344 g/mol. The zero-order valence-corrected chi connectivity index (χ0v) is 13.1. The number of nitrogens with zero attached hydrogens (tertiary/aromatic N) is 2. The summed E-state index contributed by atoms with van der Waals surface area (Å²) in [6.07, 6.45) is 2.52. The van der Waals surface area contributed by atoms with Gasteiger partial charge >= 0.3 is 0 Å². The zero-order chi connectivity index (χ0) is 13.0. The van der Waals surface area contributed by atoms with Gasteiger partial charge in [0.1, 0.15) is 6.33 Å². The Bertz CT molecular complexity index is 473. The van der Waals surface area contributed by atoms with Gasteiger partial charge < -0.3 is 5.73 Å². The third kappa shape index (κ3) is 3.54. The van der Waals surface area contributed by atoms with E-state index < -0.39 is 0 Å². The number of hydrogen-bond acceptors (Lipinski definition) is 5. The Morgan fingerprint density at radius 2 is 2.11 bits per heavy atom. The normalized spacial score (nSPS) is 14.4. The molecule has 0 saturated carbocycles. The minimum absolute atomic E-state index is 0.111. The van der Waals surface area contributed by atoms with Crippen molar-refractivity contribution in [2.75, 3.05) is 0 Å². The summed E-state index contributed by atoms with van der Waals surface area (Å²) < 4.78 is 6.07. The molecule has 0 spiro atoms. The predicted molar refractivity (Wildman–Crippen MR) is 80.9 cm³/mol. The third-order valence-corrected chi connectivity index (χ3v) is 5.31. The van der Waals surface area contributed by atoms with E-state index in [-0.39, 0.29) is 11.3 Å². The van der Waals surface area contributed by atoms with Crippen LogP contribution in [0.15, 0.2) is 39.4 Å². The van der Waals surface area contributed by atoms with E-state index in [0.717, 1.165) is 15.2 Å². The highest BCUT2D eigenvalue weighted by Gasteiger charge is 2.21. The summed E-state index contributed by atoms with van der Waals surface area (Å²) in [5.74, 6) is 0. The lowest BCUT2D eigenvalue weighted by Crippen LogP contribution is -2.25. The van der Waals surface area contributed by atoms with E-state index in [1.54, 1.807) is 18.1 Å². The van der Waals surface area contributed by atoms with E-state index in [2.05, 4.69) is 44.3 Å². The fourth-order valence-electron chi connectivity index (χ4n) is 1.59. The summed E-state index contributed by atoms with van der Waals surface area (Å²) in [6.45, 7) is 2.11. The Labute approximate surface area is 123 Å². The van der Waals surface area contributed by atoms with Crippen molar-refractivity contribution in [2.45, 2.75) is 29.0 Å². The summed E-state index contributed by atoms with van der Waals surface area (Å²) in [5, 5.41) is 0.219. The van der Waals surface area contributed by atoms with E-state index in [4.69, 9.17) is 5.73 Å². The first kappa shape index (κ1) is 14.0. The molecule has 1 aromatic carbocycles. The summed E-state index contributed by atoms with van der Waals surface area (Å²) in [4.78, 5) is 4.22. The number of rotatable bonds is 5. The molecule has 0 bridgehead atoms. The summed E-state index contributed by atoms with van der Waals surface area (Å²) in [5.41, 5.74) is 7.46. The molecule has 2 aromatic rings.